The molecule has 3 amide bonds. The minimum Gasteiger partial charge on any atom is -0.475 e. The highest BCUT2D eigenvalue weighted by atomic mass is 19.4. The molecular formula is C24H27F3N6O5. The van der Waals surface area contributed by atoms with Crippen molar-refractivity contribution in [1.82, 2.24) is 30.5 Å². The predicted molar refractivity (Wildman–Crippen MR) is 125 cm³/mol. The lowest BCUT2D eigenvalue weighted by Crippen LogP contribution is -2.52. The van der Waals surface area contributed by atoms with Crippen LogP contribution in [0.15, 0.2) is 24.4 Å². The summed E-state index contributed by atoms with van der Waals surface area (Å²) in [6, 6.07) is 4.97. The van der Waals surface area contributed by atoms with Gasteiger partial charge in [0, 0.05) is 18.5 Å². The number of amides is 3. The second-order valence-corrected chi connectivity index (χ2v) is 9.49. The molecule has 1 saturated carbocycles. The Morgan fingerprint density at radius 3 is 2.47 bits per heavy atom. The summed E-state index contributed by atoms with van der Waals surface area (Å²) in [7, 11) is 1.98. The van der Waals surface area contributed by atoms with Crippen molar-refractivity contribution in [3.63, 3.8) is 0 Å². The number of aromatic nitrogens is 3. The van der Waals surface area contributed by atoms with Crippen LogP contribution in [0.2, 0.25) is 0 Å². The number of carboxylic acids is 1. The SMILES string of the molecule is CNC1(c2cn(-c3ccc4c(c3)CN(C3CCC(=O)NC3=O)C4=O)nn2)CCCCC1.O=C(O)C(F)(F)F. The van der Waals surface area contributed by atoms with Gasteiger partial charge in [0.1, 0.15) is 11.7 Å². The number of fused-ring (bicyclic) bond motifs is 1. The molecule has 1 atom stereocenters. The number of rotatable bonds is 4. The molecule has 3 aliphatic rings. The third-order valence-electron chi connectivity index (χ3n) is 7.18. The zero-order chi connectivity index (χ0) is 27.7. The van der Waals surface area contributed by atoms with E-state index < -0.39 is 24.1 Å². The van der Waals surface area contributed by atoms with Crippen molar-refractivity contribution < 1.29 is 37.5 Å². The molecule has 0 bridgehead atoms. The molecule has 0 spiro atoms. The highest BCUT2D eigenvalue weighted by Crippen LogP contribution is 2.36. The molecule has 2 fully saturated rings. The number of alkyl halides is 3. The summed E-state index contributed by atoms with van der Waals surface area (Å²) in [6.45, 7) is 0.344. The van der Waals surface area contributed by atoms with Crippen LogP contribution in [0.25, 0.3) is 5.69 Å². The standard InChI is InChI=1S/C22H26N6O3.C2HF3O2/c1-23-22(9-3-2-4-10-22)18-13-28(26-25-18)15-5-6-16-14(11-15)12-27(21(16)31)17-7-8-19(29)24-20(17)30;3-2(4,5)1(6)7/h5-6,11,13,17,23H,2-4,7-10,12H2,1H3,(H,24,29,30);(H,6,7). The summed E-state index contributed by atoms with van der Waals surface area (Å²) in [6.07, 6.45) is 3.17. The van der Waals surface area contributed by atoms with Gasteiger partial charge in [0.05, 0.1) is 17.4 Å². The Kier molecular flexibility index (Phi) is 7.54. The van der Waals surface area contributed by atoms with E-state index in [-0.39, 0.29) is 23.8 Å². The highest BCUT2D eigenvalue weighted by molar-refractivity contribution is 6.05. The molecular weight excluding hydrogens is 509 g/mol. The summed E-state index contributed by atoms with van der Waals surface area (Å²) >= 11 is 0. The molecule has 1 saturated heterocycles. The fourth-order valence-electron chi connectivity index (χ4n) is 5.10. The number of aliphatic carboxylic acids is 1. The molecule has 204 valence electrons. The predicted octanol–water partition coefficient (Wildman–Crippen LogP) is 2.04. The number of nitrogens with one attached hydrogen (secondary N) is 2. The number of piperidine rings is 1. The summed E-state index contributed by atoms with van der Waals surface area (Å²) in [5.74, 6) is -3.62. The molecule has 14 heteroatoms. The first-order chi connectivity index (χ1) is 17.9. The van der Waals surface area contributed by atoms with Gasteiger partial charge >= 0.3 is 12.1 Å². The molecule has 1 aromatic carbocycles. The van der Waals surface area contributed by atoms with E-state index in [9.17, 15) is 27.6 Å². The number of carbonyl (C=O) groups excluding carboxylic acids is 3. The van der Waals surface area contributed by atoms with Crippen LogP contribution in [0.3, 0.4) is 0 Å². The number of hydrogen-bond acceptors (Lipinski definition) is 7. The molecule has 2 aromatic rings. The van der Waals surface area contributed by atoms with Crippen molar-refractivity contribution in [2.24, 2.45) is 0 Å². The third kappa shape index (κ3) is 5.39. The minimum absolute atomic E-state index is 0.133. The lowest BCUT2D eigenvalue weighted by atomic mass is 9.80. The van der Waals surface area contributed by atoms with Crippen LogP contribution >= 0.6 is 0 Å². The van der Waals surface area contributed by atoms with Gasteiger partial charge in [0.15, 0.2) is 0 Å². The Labute approximate surface area is 215 Å². The maximum Gasteiger partial charge on any atom is 0.490 e. The lowest BCUT2D eigenvalue weighted by molar-refractivity contribution is -0.192. The van der Waals surface area contributed by atoms with Crippen molar-refractivity contribution in [3.05, 3.63) is 41.2 Å². The molecule has 5 rings (SSSR count). The Hall–Kier alpha value is -3.81. The van der Waals surface area contributed by atoms with Crippen LogP contribution < -0.4 is 10.6 Å². The van der Waals surface area contributed by atoms with Gasteiger partial charge in [0.2, 0.25) is 11.8 Å². The van der Waals surface area contributed by atoms with Crippen LogP contribution in [0.1, 0.15) is 66.6 Å². The zero-order valence-electron chi connectivity index (χ0n) is 20.5. The van der Waals surface area contributed by atoms with E-state index in [1.807, 2.05) is 25.4 Å². The van der Waals surface area contributed by atoms with E-state index >= 15 is 0 Å². The van der Waals surface area contributed by atoms with Gasteiger partial charge in [-0.3, -0.25) is 19.7 Å². The van der Waals surface area contributed by atoms with Crippen molar-refractivity contribution >= 4 is 23.7 Å². The number of nitrogens with zero attached hydrogens (tertiary/aromatic N) is 4. The molecule has 3 heterocycles. The molecule has 1 aromatic heterocycles. The number of halogens is 3. The van der Waals surface area contributed by atoms with E-state index in [2.05, 4.69) is 20.9 Å². The number of imide groups is 1. The van der Waals surface area contributed by atoms with Crippen molar-refractivity contribution in [2.45, 2.75) is 69.2 Å². The number of carboxylic acid groups (broad SMARTS) is 1. The number of carbonyl (C=O) groups is 4. The van der Waals surface area contributed by atoms with Crippen LogP contribution in [0.4, 0.5) is 13.2 Å². The number of benzene rings is 1. The monoisotopic (exact) mass is 536 g/mol. The van der Waals surface area contributed by atoms with Crippen LogP contribution in [-0.4, -0.2) is 68.0 Å². The van der Waals surface area contributed by atoms with E-state index in [1.54, 1.807) is 15.6 Å². The topological polar surface area (TPSA) is 147 Å². The summed E-state index contributed by atoms with van der Waals surface area (Å²) in [5.41, 5.74) is 3.08. The average Bonchev–Trinajstić information content (AvgIpc) is 3.50. The first kappa shape index (κ1) is 27.2. The lowest BCUT2D eigenvalue weighted by Gasteiger charge is -2.35. The Bertz CT molecular complexity index is 1250. The molecule has 1 aliphatic carbocycles. The average molecular weight is 537 g/mol. The third-order valence-corrected chi connectivity index (χ3v) is 7.18. The molecule has 1 unspecified atom stereocenters. The summed E-state index contributed by atoms with van der Waals surface area (Å²) in [4.78, 5) is 47.0. The molecule has 2 aliphatic heterocycles. The number of hydrogen-bond donors (Lipinski definition) is 3. The van der Waals surface area contributed by atoms with Gasteiger partial charge in [-0.2, -0.15) is 13.2 Å². The Morgan fingerprint density at radius 1 is 1.18 bits per heavy atom. The van der Waals surface area contributed by atoms with Gasteiger partial charge < -0.3 is 15.3 Å². The quantitative estimate of drug-likeness (QED) is 0.503. The minimum atomic E-state index is -5.08. The molecule has 0 radical (unpaired) electrons. The van der Waals surface area contributed by atoms with Gasteiger partial charge in [-0.25, -0.2) is 9.48 Å². The molecule has 3 N–H and O–H groups in total. The van der Waals surface area contributed by atoms with Crippen molar-refractivity contribution in [3.8, 4) is 5.69 Å². The zero-order valence-corrected chi connectivity index (χ0v) is 20.5. The maximum atomic E-state index is 12.9. The van der Waals surface area contributed by atoms with Crippen molar-refractivity contribution in [1.29, 1.82) is 0 Å². The smallest absolute Gasteiger partial charge is 0.475 e. The van der Waals surface area contributed by atoms with Crippen LogP contribution in [0.5, 0.6) is 0 Å². The van der Waals surface area contributed by atoms with Gasteiger partial charge in [-0.15, -0.1) is 5.10 Å². The fourth-order valence-corrected chi connectivity index (χ4v) is 5.10. The maximum absolute atomic E-state index is 12.9. The highest BCUT2D eigenvalue weighted by Gasteiger charge is 2.40. The second kappa shape index (κ2) is 10.5. The second-order valence-electron chi connectivity index (χ2n) is 9.49. The summed E-state index contributed by atoms with van der Waals surface area (Å²) < 4.78 is 33.5. The first-order valence-electron chi connectivity index (χ1n) is 12.1. The normalized spacial score (nSPS) is 20.9. The van der Waals surface area contributed by atoms with Crippen LogP contribution in [-0.2, 0) is 26.5 Å². The van der Waals surface area contributed by atoms with Crippen molar-refractivity contribution in [2.75, 3.05) is 7.05 Å². The van der Waals surface area contributed by atoms with E-state index in [0.29, 0.717) is 18.5 Å². The fraction of sp³-hybridized carbons (Fsp3) is 0.500. The van der Waals surface area contributed by atoms with E-state index in [4.69, 9.17) is 9.90 Å². The largest absolute Gasteiger partial charge is 0.490 e. The molecule has 38 heavy (non-hydrogen) atoms. The van der Waals surface area contributed by atoms with Gasteiger partial charge in [0.25, 0.3) is 5.91 Å². The first-order valence-corrected chi connectivity index (χ1v) is 12.1. The van der Waals surface area contributed by atoms with Gasteiger partial charge in [-0.1, -0.05) is 24.5 Å². The summed E-state index contributed by atoms with van der Waals surface area (Å²) in [5, 5.41) is 21.7. The Morgan fingerprint density at radius 2 is 1.87 bits per heavy atom. The van der Waals surface area contributed by atoms with E-state index in [0.717, 1.165) is 29.8 Å². The van der Waals surface area contributed by atoms with Crippen LogP contribution in [0, 0.1) is 0 Å². The van der Waals surface area contributed by atoms with E-state index in [1.165, 1.54) is 19.3 Å². The molecule has 11 nitrogen and oxygen atoms in total. The Balaban J connectivity index is 0.000000426. The van der Waals surface area contributed by atoms with Gasteiger partial charge in [-0.05, 0) is 50.1 Å².